The van der Waals surface area contributed by atoms with Crippen molar-refractivity contribution in [3.05, 3.63) is 59.1 Å². The van der Waals surface area contributed by atoms with Crippen LogP contribution in [0.15, 0.2) is 35.1 Å². The molecule has 0 radical (unpaired) electrons. The van der Waals surface area contributed by atoms with Gasteiger partial charge in [-0.25, -0.2) is 4.68 Å². The summed E-state index contributed by atoms with van der Waals surface area (Å²) in [6, 6.07) is 6.19. The fraction of sp³-hybridized carbons (Fsp3) is 0.389. The molecule has 7 nitrogen and oxygen atoms in total. The van der Waals surface area contributed by atoms with Gasteiger partial charge in [-0.05, 0) is 30.2 Å². The van der Waals surface area contributed by atoms with Crippen LogP contribution in [0.2, 0.25) is 0 Å². The summed E-state index contributed by atoms with van der Waals surface area (Å²) in [5.74, 6) is 2.35. The fourth-order valence-corrected chi connectivity index (χ4v) is 3.43. The number of pyridine rings is 1. The van der Waals surface area contributed by atoms with E-state index in [-0.39, 0.29) is 5.92 Å². The summed E-state index contributed by atoms with van der Waals surface area (Å²) in [7, 11) is 1.81. The Morgan fingerprint density at radius 2 is 2.28 bits per heavy atom. The number of hydrogen-bond donors (Lipinski definition) is 1. The average molecular weight is 338 g/mol. The summed E-state index contributed by atoms with van der Waals surface area (Å²) in [5, 5.41) is 4.34. The maximum absolute atomic E-state index is 5.77. The molecule has 0 bridgehead atoms. The van der Waals surface area contributed by atoms with Crippen molar-refractivity contribution in [3.8, 4) is 0 Å². The third-order valence-corrected chi connectivity index (χ3v) is 4.68. The number of aromatic nitrogens is 4. The molecule has 0 saturated carbocycles. The van der Waals surface area contributed by atoms with Crippen molar-refractivity contribution in [3.63, 3.8) is 0 Å². The maximum atomic E-state index is 5.77. The van der Waals surface area contributed by atoms with Crippen LogP contribution >= 0.6 is 0 Å². The van der Waals surface area contributed by atoms with Crippen molar-refractivity contribution in [2.75, 3.05) is 18.8 Å². The lowest BCUT2D eigenvalue weighted by molar-refractivity contribution is 0.229. The molecule has 2 N–H and O–H groups in total. The second-order valence-corrected chi connectivity index (χ2v) is 6.62. The largest absolute Gasteiger partial charge is 0.469 e. The van der Waals surface area contributed by atoms with Crippen LogP contribution in [0.3, 0.4) is 0 Å². The summed E-state index contributed by atoms with van der Waals surface area (Å²) in [6.45, 7) is 4.70. The average Bonchev–Trinajstić information content (AvgIpc) is 3.22. The number of anilines is 1. The Morgan fingerprint density at radius 3 is 3.00 bits per heavy atom. The van der Waals surface area contributed by atoms with Gasteiger partial charge in [0.15, 0.2) is 5.82 Å². The monoisotopic (exact) mass is 338 g/mol. The topological polar surface area (TPSA) is 86.0 Å². The number of nitrogens with two attached hydrogens (primary N) is 1. The predicted octanol–water partition coefficient (Wildman–Crippen LogP) is 1.88. The summed E-state index contributed by atoms with van der Waals surface area (Å²) in [6.07, 6.45) is 4.43. The first-order valence-corrected chi connectivity index (χ1v) is 8.46. The lowest BCUT2D eigenvalue weighted by Crippen LogP contribution is -2.36. The van der Waals surface area contributed by atoms with Crippen LogP contribution in [0.4, 0.5) is 5.95 Å². The minimum atomic E-state index is 0.154. The predicted molar refractivity (Wildman–Crippen MR) is 93.9 cm³/mol. The quantitative estimate of drug-likeness (QED) is 0.782. The molecule has 0 spiro atoms. The van der Waals surface area contributed by atoms with E-state index in [2.05, 4.69) is 28.0 Å². The molecule has 0 fully saturated rings. The van der Waals surface area contributed by atoms with Crippen molar-refractivity contribution in [2.24, 2.45) is 7.05 Å². The summed E-state index contributed by atoms with van der Waals surface area (Å²) in [5.41, 5.74) is 9.34. The Bertz CT molecular complexity index is 850. The molecule has 1 atom stereocenters. The molecule has 130 valence electrons. The SMILES string of the molecule is Cc1cnc2c(c1)CN(CCc1nc(N)n(C)n1)CC2c1ccco1. The summed E-state index contributed by atoms with van der Waals surface area (Å²) in [4.78, 5) is 11.4. The molecule has 0 saturated heterocycles. The molecule has 3 aromatic rings. The molecule has 25 heavy (non-hydrogen) atoms. The summed E-state index contributed by atoms with van der Waals surface area (Å²) >= 11 is 0. The van der Waals surface area contributed by atoms with Crippen LogP contribution in [0, 0.1) is 6.92 Å². The van der Waals surface area contributed by atoms with Crippen LogP contribution in [-0.2, 0) is 20.0 Å². The number of nitrogen functional groups attached to an aromatic ring is 1. The highest BCUT2D eigenvalue weighted by Crippen LogP contribution is 2.32. The van der Waals surface area contributed by atoms with Gasteiger partial charge in [0.2, 0.25) is 5.95 Å². The van der Waals surface area contributed by atoms with E-state index in [1.807, 2.05) is 25.4 Å². The normalized spacial score (nSPS) is 17.6. The Labute approximate surface area is 146 Å². The molecule has 0 aliphatic carbocycles. The second kappa shape index (κ2) is 6.33. The number of fused-ring (bicyclic) bond motifs is 1. The highest BCUT2D eigenvalue weighted by atomic mass is 16.3. The molecular formula is C18H22N6O. The van der Waals surface area contributed by atoms with Gasteiger partial charge in [-0.15, -0.1) is 0 Å². The highest BCUT2D eigenvalue weighted by molar-refractivity contribution is 5.34. The van der Waals surface area contributed by atoms with E-state index in [1.54, 1.807) is 10.9 Å². The lowest BCUT2D eigenvalue weighted by Gasteiger charge is -2.33. The number of rotatable bonds is 4. The zero-order chi connectivity index (χ0) is 17.4. The van der Waals surface area contributed by atoms with Gasteiger partial charge < -0.3 is 10.2 Å². The number of furan rings is 1. The molecule has 3 aromatic heterocycles. The third-order valence-electron chi connectivity index (χ3n) is 4.68. The van der Waals surface area contributed by atoms with E-state index in [0.29, 0.717) is 5.95 Å². The maximum Gasteiger partial charge on any atom is 0.218 e. The molecule has 7 heteroatoms. The molecule has 1 aliphatic rings. The minimum Gasteiger partial charge on any atom is -0.469 e. The van der Waals surface area contributed by atoms with Gasteiger partial charge in [0.05, 0.1) is 17.9 Å². The number of hydrogen-bond acceptors (Lipinski definition) is 6. The van der Waals surface area contributed by atoms with Crippen molar-refractivity contribution < 1.29 is 4.42 Å². The van der Waals surface area contributed by atoms with Crippen LogP contribution in [0.5, 0.6) is 0 Å². The molecule has 0 aromatic carbocycles. The molecule has 1 aliphatic heterocycles. The van der Waals surface area contributed by atoms with Crippen LogP contribution in [0.1, 0.15) is 34.3 Å². The summed E-state index contributed by atoms with van der Waals surface area (Å²) < 4.78 is 7.29. The number of aryl methyl sites for hydroxylation is 2. The lowest BCUT2D eigenvalue weighted by atomic mass is 9.92. The molecule has 4 heterocycles. The fourth-order valence-electron chi connectivity index (χ4n) is 3.43. The van der Waals surface area contributed by atoms with E-state index in [4.69, 9.17) is 15.1 Å². The number of nitrogens with zero attached hydrogens (tertiary/aromatic N) is 5. The smallest absolute Gasteiger partial charge is 0.218 e. The van der Waals surface area contributed by atoms with Gasteiger partial charge in [-0.1, -0.05) is 6.07 Å². The first-order valence-electron chi connectivity index (χ1n) is 8.46. The van der Waals surface area contributed by atoms with Gasteiger partial charge in [0.25, 0.3) is 0 Å². The standard InChI is InChI=1S/C18H22N6O/c1-12-8-13-10-24(6-5-16-21-18(19)23(2)22-16)11-14(17(13)20-9-12)15-4-3-7-25-15/h3-4,7-9,14H,5-6,10-11H2,1-2H3,(H2,19,21,22). The van der Waals surface area contributed by atoms with Gasteiger partial charge in [0.1, 0.15) is 5.76 Å². The zero-order valence-corrected chi connectivity index (χ0v) is 14.5. The zero-order valence-electron chi connectivity index (χ0n) is 14.5. The van der Waals surface area contributed by atoms with Crippen LogP contribution < -0.4 is 5.73 Å². The van der Waals surface area contributed by atoms with Crippen molar-refractivity contribution in [2.45, 2.75) is 25.8 Å². The van der Waals surface area contributed by atoms with E-state index in [1.165, 1.54) is 11.1 Å². The van der Waals surface area contributed by atoms with E-state index < -0.39 is 0 Å². The Balaban J connectivity index is 1.56. The Hall–Kier alpha value is -2.67. The van der Waals surface area contributed by atoms with Crippen molar-refractivity contribution in [1.82, 2.24) is 24.6 Å². The first kappa shape index (κ1) is 15.8. The molecule has 0 amide bonds. The van der Waals surface area contributed by atoms with E-state index in [9.17, 15) is 0 Å². The van der Waals surface area contributed by atoms with Crippen LogP contribution in [0.25, 0.3) is 0 Å². The Kier molecular flexibility index (Phi) is 4.01. The van der Waals surface area contributed by atoms with Gasteiger partial charge in [-0.2, -0.15) is 10.1 Å². The molecule has 4 rings (SSSR count). The third kappa shape index (κ3) is 3.15. The molecule has 1 unspecified atom stereocenters. The van der Waals surface area contributed by atoms with Crippen molar-refractivity contribution in [1.29, 1.82) is 0 Å². The van der Waals surface area contributed by atoms with E-state index >= 15 is 0 Å². The highest BCUT2D eigenvalue weighted by Gasteiger charge is 2.29. The van der Waals surface area contributed by atoms with Gasteiger partial charge >= 0.3 is 0 Å². The minimum absolute atomic E-state index is 0.154. The molecular weight excluding hydrogens is 316 g/mol. The second-order valence-electron chi connectivity index (χ2n) is 6.62. The first-order chi connectivity index (χ1) is 12.1. The van der Waals surface area contributed by atoms with Crippen LogP contribution in [-0.4, -0.2) is 37.7 Å². The van der Waals surface area contributed by atoms with E-state index in [0.717, 1.165) is 43.3 Å². The van der Waals surface area contributed by atoms with Gasteiger partial charge in [0, 0.05) is 39.3 Å². The van der Waals surface area contributed by atoms with Gasteiger partial charge in [-0.3, -0.25) is 9.88 Å². The Morgan fingerprint density at radius 1 is 1.40 bits per heavy atom. The van der Waals surface area contributed by atoms with Crippen molar-refractivity contribution >= 4 is 5.95 Å².